The molecule has 0 radical (unpaired) electrons. The van der Waals surface area contributed by atoms with Crippen LogP contribution in [0.25, 0.3) is 0 Å². The van der Waals surface area contributed by atoms with E-state index in [0.717, 1.165) is 37.4 Å². The van der Waals surface area contributed by atoms with Gasteiger partial charge in [0.25, 0.3) is 5.91 Å². The summed E-state index contributed by atoms with van der Waals surface area (Å²) in [7, 11) is 0. The van der Waals surface area contributed by atoms with Crippen LogP contribution in [0.2, 0.25) is 0 Å². The number of ether oxygens (including phenoxy) is 1. The van der Waals surface area contributed by atoms with E-state index in [-0.39, 0.29) is 24.1 Å². The maximum absolute atomic E-state index is 12.9. The van der Waals surface area contributed by atoms with Gasteiger partial charge in [-0.2, -0.15) is 0 Å². The number of nitrogens with zero attached hydrogens (tertiary/aromatic N) is 2. The summed E-state index contributed by atoms with van der Waals surface area (Å²) in [5.41, 5.74) is 2.63. The second-order valence-corrected chi connectivity index (χ2v) is 9.41. The van der Waals surface area contributed by atoms with Crippen molar-refractivity contribution in [3.63, 3.8) is 0 Å². The molecule has 1 unspecified atom stereocenters. The highest BCUT2D eigenvalue weighted by molar-refractivity contribution is 6.05. The zero-order valence-corrected chi connectivity index (χ0v) is 18.6. The van der Waals surface area contributed by atoms with Gasteiger partial charge in [-0.1, -0.05) is 12.8 Å². The molecule has 2 N–H and O–H groups in total. The fourth-order valence-electron chi connectivity index (χ4n) is 5.68. The highest BCUT2D eigenvalue weighted by atomic mass is 16.5. The van der Waals surface area contributed by atoms with Crippen LogP contribution >= 0.6 is 0 Å². The van der Waals surface area contributed by atoms with E-state index in [9.17, 15) is 14.4 Å². The number of hydrogen-bond acceptors (Lipinski definition) is 6. The average Bonchev–Trinajstić information content (AvgIpc) is 3.07. The van der Waals surface area contributed by atoms with Crippen LogP contribution in [-0.4, -0.2) is 71.4 Å². The molecule has 1 aromatic carbocycles. The molecule has 3 amide bonds. The highest BCUT2D eigenvalue weighted by Crippen LogP contribution is 2.33. The number of carbonyl (C=O) groups is 3. The summed E-state index contributed by atoms with van der Waals surface area (Å²) in [6.45, 7) is 5.25. The van der Waals surface area contributed by atoms with E-state index in [0.29, 0.717) is 36.7 Å². The average molecular weight is 441 g/mol. The molecule has 3 atom stereocenters. The van der Waals surface area contributed by atoms with Gasteiger partial charge in [0.1, 0.15) is 6.04 Å². The Labute approximate surface area is 188 Å². The van der Waals surface area contributed by atoms with Gasteiger partial charge >= 0.3 is 0 Å². The largest absolute Gasteiger partial charge is 0.381 e. The van der Waals surface area contributed by atoms with Gasteiger partial charge in [-0.25, -0.2) is 0 Å². The quantitative estimate of drug-likeness (QED) is 0.657. The van der Waals surface area contributed by atoms with Gasteiger partial charge in [-0.3, -0.25) is 24.6 Å². The van der Waals surface area contributed by atoms with E-state index in [1.165, 1.54) is 19.3 Å². The van der Waals surface area contributed by atoms with E-state index in [1.807, 2.05) is 19.1 Å². The number of carbonyl (C=O) groups excluding carboxylic acids is 3. The summed E-state index contributed by atoms with van der Waals surface area (Å²) < 4.78 is 5.74. The first-order valence-corrected chi connectivity index (χ1v) is 11.9. The molecule has 5 rings (SSSR count). The molecule has 0 spiro atoms. The van der Waals surface area contributed by atoms with Crippen molar-refractivity contribution in [1.29, 1.82) is 0 Å². The van der Waals surface area contributed by atoms with Crippen LogP contribution in [0.15, 0.2) is 18.2 Å². The third-order valence-electron chi connectivity index (χ3n) is 7.35. The van der Waals surface area contributed by atoms with E-state index < -0.39 is 6.04 Å². The van der Waals surface area contributed by atoms with Crippen molar-refractivity contribution < 1.29 is 19.1 Å². The number of imide groups is 1. The molecule has 0 bridgehead atoms. The number of amides is 3. The van der Waals surface area contributed by atoms with Crippen LogP contribution in [0, 0.1) is 0 Å². The number of rotatable bonds is 6. The Morgan fingerprint density at radius 2 is 1.94 bits per heavy atom. The van der Waals surface area contributed by atoms with E-state index in [2.05, 4.69) is 21.6 Å². The Bertz CT molecular complexity index is 913. The second-order valence-electron chi connectivity index (χ2n) is 9.41. The molecular formula is C24H32N4O4. The van der Waals surface area contributed by atoms with Crippen LogP contribution in [0.4, 0.5) is 5.69 Å². The lowest BCUT2D eigenvalue weighted by Gasteiger charge is -2.48. The summed E-state index contributed by atoms with van der Waals surface area (Å²) in [5, 5.41) is 6.10. The first-order chi connectivity index (χ1) is 15.5. The standard InChI is InChI=1S/C24H32N4O4/c1-2-32-17-13-27(14-17)20-6-4-3-5-19(20)25-16-7-8-18-15(11-16)12-28(24(18)31)21-9-10-22(29)26-23(21)30/h7-8,11,17,19-21,25H,2-6,9-10,12-14H2,1H3,(H,26,29,30)/t19-,20-,21?/m0/s1. The van der Waals surface area contributed by atoms with Gasteiger partial charge in [0.2, 0.25) is 11.8 Å². The summed E-state index contributed by atoms with van der Waals surface area (Å²) in [6, 6.07) is 6.23. The van der Waals surface area contributed by atoms with Crippen molar-refractivity contribution in [2.24, 2.45) is 0 Å². The molecule has 4 aliphatic rings. The Balaban J connectivity index is 1.26. The first-order valence-electron chi connectivity index (χ1n) is 11.9. The number of fused-ring (bicyclic) bond motifs is 1. The monoisotopic (exact) mass is 440 g/mol. The van der Waals surface area contributed by atoms with Crippen molar-refractivity contribution in [1.82, 2.24) is 15.1 Å². The third kappa shape index (κ3) is 4.01. The smallest absolute Gasteiger partial charge is 0.255 e. The number of hydrogen-bond donors (Lipinski definition) is 2. The predicted molar refractivity (Wildman–Crippen MR) is 119 cm³/mol. The third-order valence-corrected chi connectivity index (χ3v) is 7.35. The number of benzene rings is 1. The van der Waals surface area contributed by atoms with Gasteiger partial charge < -0.3 is 15.0 Å². The summed E-state index contributed by atoms with van der Waals surface area (Å²) in [6.07, 6.45) is 5.85. The zero-order chi connectivity index (χ0) is 22.2. The molecule has 32 heavy (non-hydrogen) atoms. The van der Waals surface area contributed by atoms with Gasteiger partial charge in [-0.05, 0) is 49.9 Å². The maximum atomic E-state index is 12.9. The van der Waals surface area contributed by atoms with Crippen LogP contribution < -0.4 is 10.6 Å². The topological polar surface area (TPSA) is 91.0 Å². The summed E-state index contributed by atoms with van der Waals surface area (Å²) in [5.74, 6) is -0.761. The Hall–Kier alpha value is -2.45. The number of piperidine rings is 1. The molecule has 1 saturated carbocycles. The Morgan fingerprint density at radius 1 is 1.12 bits per heavy atom. The van der Waals surface area contributed by atoms with Crippen molar-refractivity contribution in [3.05, 3.63) is 29.3 Å². The summed E-state index contributed by atoms with van der Waals surface area (Å²) >= 11 is 0. The fraction of sp³-hybridized carbons (Fsp3) is 0.625. The van der Waals surface area contributed by atoms with Crippen LogP contribution in [0.3, 0.4) is 0 Å². The first kappa shape index (κ1) is 21.4. The molecule has 3 heterocycles. The van der Waals surface area contributed by atoms with E-state index in [1.54, 1.807) is 4.90 Å². The molecule has 8 heteroatoms. The van der Waals surface area contributed by atoms with E-state index >= 15 is 0 Å². The highest BCUT2D eigenvalue weighted by Gasteiger charge is 2.40. The van der Waals surface area contributed by atoms with Gasteiger partial charge in [0, 0.05) is 56.0 Å². The molecule has 0 aromatic heterocycles. The number of likely N-dealkylation sites (tertiary alicyclic amines) is 1. The SMILES string of the molecule is CCOC1CN([C@H]2CCCC[C@@H]2Nc2ccc3c(c2)CN(C2CCC(=O)NC2=O)C3=O)C1. The van der Waals surface area contributed by atoms with Crippen molar-refractivity contribution >= 4 is 23.4 Å². The molecule has 1 aromatic rings. The zero-order valence-electron chi connectivity index (χ0n) is 18.6. The molecule has 172 valence electrons. The maximum Gasteiger partial charge on any atom is 0.255 e. The summed E-state index contributed by atoms with van der Waals surface area (Å²) in [4.78, 5) is 40.8. The number of anilines is 1. The lowest BCUT2D eigenvalue weighted by Crippen LogP contribution is -2.61. The minimum absolute atomic E-state index is 0.126. The molecule has 2 saturated heterocycles. The van der Waals surface area contributed by atoms with Crippen molar-refractivity contribution in [2.45, 2.75) is 76.2 Å². The Kier molecular flexibility index (Phi) is 5.90. The molecule has 3 aliphatic heterocycles. The Morgan fingerprint density at radius 3 is 2.72 bits per heavy atom. The lowest BCUT2D eigenvalue weighted by molar-refractivity contribution is -0.136. The fourth-order valence-corrected chi connectivity index (χ4v) is 5.68. The lowest BCUT2D eigenvalue weighted by atomic mass is 9.87. The minimum Gasteiger partial charge on any atom is -0.381 e. The van der Waals surface area contributed by atoms with Crippen LogP contribution in [0.1, 0.15) is 61.4 Å². The van der Waals surface area contributed by atoms with Crippen molar-refractivity contribution in [3.8, 4) is 0 Å². The molecule has 1 aliphatic carbocycles. The minimum atomic E-state index is -0.573. The molecule has 8 nitrogen and oxygen atoms in total. The predicted octanol–water partition coefficient (Wildman–Crippen LogP) is 1.89. The molecular weight excluding hydrogens is 408 g/mol. The van der Waals surface area contributed by atoms with E-state index in [4.69, 9.17) is 4.74 Å². The van der Waals surface area contributed by atoms with Gasteiger partial charge in [0.05, 0.1) is 6.10 Å². The van der Waals surface area contributed by atoms with Crippen LogP contribution in [0.5, 0.6) is 0 Å². The van der Waals surface area contributed by atoms with Gasteiger partial charge in [-0.15, -0.1) is 0 Å². The van der Waals surface area contributed by atoms with Crippen molar-refractivity contribution in [2.75, 3.05) is 25.0 Å². The molecule has 3 fully saturated rings. The number of nitrogens with one attached hydrogen (secondary N) is 2. The normalized spacial score (nSPS) is 29.0. The van der Waals surface area contributed by atoms with Crippen LogP contribution in [-0.2, 0) is 20.9 Å². The second kappa shape index (κ2) is 8.83. The van der Waals surface area contributed by atoms with Gasteiger partial charge in [0.15, 0.2) is 0 Å².